The second-order valence-electron chi connectivity index (χ2n) is 30.3. The Morgan fingerprint density at radius 1 is 0.304 bits per heavy atom. The standard InChI is InChI=1S/2C29H25N2O.C28H23N2O.C27H21N2O/c1-18(2)22-11-13-26(31(4)17-22)27-19(3)10-12-23-25-15-20(16-30)14-24(28(25)32-29(23)27)21-8-6-5-7-9-21;1-18(2)22-12-13-31(4)26(16-22)27-19(3)10-11-23-25-15-20(17-30)14-24(28(25)32-29(23)27)21-8-6-5-7-9-21;1-17-10-11-22-24-14-20(15-29)13-23(21-8-6-5-7-9-21)27(24)31-28(22)26(17)25-12-18(2)19(3)16-30(25)4;1-17-9-12-24(29(3)16-17)25-18(2)10-11-21-23-14-19(15-28)13-22(26(23)30-27(21)25)20-7-5-4-6-8-20/h5-15,17-18H,1-4H3;5-16,18H,1-4H3;5-14,16H,1-4H3;4-14,16H,1-3H3/q4*+1/i2*1D3,5D,6D,7D,8D,9D,18D;3D3,5D,6D,7D,8D,9D;1D3,4D,5D,6D,7D,8D. The van der Waals surface area contributed by atoms with Crippen LogP contribution in [0.1, 0.15) is 158 Å². The molecule has 0 aliphatic carbocycles. The molecule has 0 spiro atoms. The molecule has 0 saturated heterocycles. The fourth-order valence-corrected chi connectivity index (χ4v) is 16.0. The molecule has 125 heavy (non-hydrogen) atoms. The molecule has 0 radical (unpaired) electrons. The molecule has 0 amide bonds. The van der Waals surface area contributed by atoms with Gasteiger partial charge in [-0.15, -0.1) is 0 Å². The van der Waals surface area contributed by atoms with E-state index in [-0.39, 0.29) is 100 Å². The zero-order chi connectivity index (χ0) is 117. The van der Waals surface area contributed by atoms with Crippen LogP contribution in [0.3, 0.4) is 0 Å². The van der Waals surface area contributed by atoms with E-state index in [1.807, 2.05) is 76.2 Å². The van der Waals surface area contributed by atoms with Gasteiger partial charge in [0.1, 0.15) is 72.9 Å². The van der Waals surface area contributed by atoms with Crippen molar-refractivity contribution in [1.82, 2.24) is 0 Å². The summed E-state index contributed by atoms with van der Waals surface area (Å²) in [7, 11) is 7.05. The van der Waals surface area contributed by atoms with Crippen LogP contribution in [-0.4, -0.2) is 0 Å². The largest absolute Gasteiger partial charge is 0.454 e. The molecular weight excluding hydrogens is 1530 g/mol. The Morgan fingerprint density at radius 2 is 0.632 bits per heavy atom. The van der Waals surface area contributed by atoms with E-state index in [2.05, 4.69) is 24.3 Å². The van der Waals surface area contributed by atoms with Crippen molar-refractivity contribution in [2.24, 2.45) is 28.2 Å². The Balaban J connectivity index is 0.000000143. The molecule has 0 bridgehead atoms. The van der Waals surface area contributed by atoms with Gasteiger partial charge >= 0.3 is 0 Å². The number of aryl methyl sites for hydroxylation is 11. The maximum absolute atomic E-state index is 9.81. The second kappa shape index (κ2) is 33.8. The summed E-state index contributed by atoms with van der Waals surface area (Å²) in [4.78, 5) is 0. The molecule has 0 fully saturated rings. The summed E-state index contributed by atoms with van der Waals surface area (Å²) in [6.07, 6.45) is 6.44. The van der Waals surface area contributed by atoms with Gasteiger partial charge < -0.3 is 17.7 Å². The fourth-order valence-electron chi connectivity index (χ4n) is 16.0. The van der Waals surface area contributed by atoms with Crippen LogP contribution in [0.2, 0.25) is 0 Å². The highest BCUT2D eigenvalue weighted by atomic mass is 16.3. The summed E-state index contributed by atoms with van der Waals surface area (Å²) >= 11 is 0. The van der Waals surface area contributed by atoms with Gasteiger partial charge in [-0.05, 0) is 176 Å². The Hall–Kier alpha value is -15.6. The molecule has 12 heteroatoms. The number of nitriles is 4. The number of fused-ring (bicyclic) bond motifs is 12. The number of benzene rings is 12. The van der Waals surface area contributed by atoms with Crippen molar-refractivity contribution >= 4 is 87.8 Å². The molecule has 20 rings (SSSR count). The Labute approximate surface area is 775 Å². The number of pyridine rings is 4. The first kappa shape index (κ1) is 50.6. The van der Waals surface area contributed by atoms with Gasteiger partial charge in [-0.3, -0.25) is 0 Å². The number of hydrogen-bond donors (Lipinski definition) is 0. The maximum atomic E-state index is 9.81. The molecule has 12 nitrogen and oxygen atoms in total. The van der Waals surface area contributed by atoms with Crippen molar-refractivity contribution in [3.05, 3.63) is 357 Å². The molecule has 8 aromatic heterocycles. The van der Waals surface area contributed by atoms with Crippen molar-refractivity contribution in [1.29, 1.82) is 21.0 Å². The maximum Gasteiger partial charge on any atom is 0.216 e. The molecule has 606 valence electrons. The molecular formula is C113H94N8O4+4. The zero-order valence-electron chi connectivity index (χ0n) is 103. The quantitative estimate of drug-likeness (QED) is 0.122. The second-order valence-corrected chi connectivity index (χ2v) is 30.3. The van der Waals surface area contributed by atoms with Gasteiger partial charge in [0.05, 0.1) is 96.2 Å². The summed E-state index contributed by atoms with van der Waals surface area (Å²) in [6, 6.07) is 38.3. The third kappa shape index (κ3) is 15.3. The van der Waals surface area contributed by atoms with Crippen molar-refractivity contribution in [2.45, 2.75) is 87.7 Å². The van der Waals surface area contributed by atoms with Gasteiger partial charge in [0.2, 0.25) is 22.8 Å². The molecule has 0 saturated carbocycles. The average Bonchev–Trinajstić information content (AvgIpc) is 1.60. The van der Waals surface area contributed by atoms with Gasteiger partial charge in [-0.2, -0.15) is 21.0 Å². The minimum Gasteiger partial charge on any atom is -0.454 e. The van der Waals surface area contributed by atoms with Gasteiger partial charge in [-0.25, -0.2) is 18.3 Å². The molecule has 2 atom stereocenters. The lowest BCUT2D eigenvalue weighted by molar-refractivity contribution is -0.660. The lowest BCUT2D eigenvalue weighted by atomic mass is 9.96. The van der Waals surface area contributed by atoms with E-state index in [0.29, 0.717) is 122 Å². The number of rotatable bonds is 10. The van der Waals surface area contributed by atoms with Crippen molar-refractivity contribution in [3.63, 3.8) is 0 Å². The van der Waals surface area contributed by atoms with Crippen LogP contribution in [0.15, 0.2) is 303 Å². The van der Waals surface area contributed by atoms with Crippen LogP contribution in [0.5, 0.6) is 0 Å². The minimum atomic E-state index is -2.57. The topological polar surface area (TPSA) is 163 Å². The van der Waals surface area contributed by atoms with Gasteiger partial charge in [-0.1, -0.05) is 197 Å². The van der Waals surface area contributed by atoms with Crippen LogP contribution in [0.4, 0.5) is 0 Å². The summed E-state index contributed by atoms with van der Waals surface area (Å²) in [5.41, 5.74) is 14.9. The van der Waals surface area contributed by atoms with Crippen molar-refractivity contribution < 1.29 is 82.5 Å². The first-order chi connectivity index (χ1) is 74.3. The Kier molecular flexibility index (Phi) is 13.7. The van der Waals surface area contributed by atoms with Crippen LogP contribution in [-0.2, 0) is 28.2 Å². The third-order valence-corrected chi connectivity index (χ3v) is 22.2. The third-order valence-electron chi connectivity index (χ3n) is 22.2. The summed E-state index contributed by atoms with van der Waals surface area (Å²) < 4.78 is 309. The van der Waals surface area contributed by atoms with E-state index >= 15 is 0 Å². The lowest BCUT2D eigenvalue weighted by Gasteiger charge is -2.09. The van der Waals surface area contributed by atoms with Gasteiger partial charge in [0.15, 0.2) is 24.8 Å². The highest BCUT2D eigenvalue weighted by Crippen LogP contribution is 2.47. The molecule has 8 heterocycles. The highest BCUT2D eigenvalue weighted by Gasteiger charge is 2.30. The molecule has 0 N–H and O–H groups in total. The van der Waals surface area contributed by atoms with E-state index in [0.717, 1.165) is 27.8 Å². The molecule has 20 aromatic rings. The highest BCUT2D eigenvalue weighted by molar-refractivity contribution is 6.17. The number of furan rings is 4. The number of hydrogen-bond acceptors (Lipinski definition) is 8. The van der Waals surface area contributed by atoms with Crippen molar-refractivity contribution in [2.75, 3.05) is 0 Å². The first-order valence-electron chi connectivity index (χ1n) is 56.2. The first-order valence-corrected chi connectivity index (χ1v) is 39.2. The number of nitrogens with zero attached hydrogens (tertiary/aromatic N) is 8. The number of aromatic nitrogens is 4. The normalized spacial score (nSPS) is 16.5. The van der Waals surface area contributed by atoms with E-state index < -0.39 is 160 Å². The fraction of sp³-hybridized carbons (Fsp3) is 0.150. The molecule has 0 aliphatic heterocycles. The van der Waals surface area contributed by atoms with Crippen LogP contribution < -0.4 is 18.3 Å². The molecule has 2 unspecified atom stereocenters. The minimum absolute atomic E-state index is 0.0520. The predicted octanol–water partition coefficient (Wildman–Crippen LogP) is 26.9. The van der Waals surface area contributed by atoms with Gasteiger partial charge in [0, 0.05) is 132 Å². The summed E-state index contributed by atoms with van der Waals surface area (Å²) in [5.74, 6) is -3.70. The van der Waals surface area contributed by atoms with E-state index in [4.69, 9.17) is 64.3 Å². The monoisotopic (exact) mass is 1660 g/mol. The zero-order valence-corrected chi connectivity index (χ0v) is 69.3. The van der Waals surface area contributed by atoms with Crippen LogP contribution in [0.25, 0.3) is 177 Å². The Morgan fingerprint density at radius 3 is 0.960 bits per heavy atom. The van der Waals surface area contributed by atoms with Crippen LogP contribution in [0, 0.1) is 93.6 Å². The molecule has 0 aliphatic rings. The summed E-state index contributed by atoms with van der Waals surface area (Å²) in [6.45, 7) is 2.39. The van der Waals surface area contributed by atoms with E-state index in [9.17, 15) is 21.0 Å². The molecule has 12 aromatic carbocycles. The lowest BCUT2D eigenvalue weighted by Crippen LogP contribution is -2.31. The summed E-state index contributed by atoms with van der Waals surface area (Å²) in [5, 5.41) is 43.9. The smallest absolute Gasteiger partial charge is 0.216 e. The average molecular weight is 1660 g/mol. The predicted molar refractivity (Wildman–Crippen MR) is 503 cm³/mol. The van der Waals surface area contributed by atoms with E-state index in [1.54, 1.807) is 145 Å². The van der Waals surface area contributed by atoms with Crippen molar-refractivity contribution in [3.8, 4) is 114 Å². The SMILES string of the molecule is [2H]c1c([2H])c([2H])c(-c2cc(C#N)cc3c2oc2c(-c4cc(C([2H])(C)C([2H])([2H])[2H])cc[n+]4C)c(C)ccc23)c([2H])c1[2H].[2H]c1c([2H])c([2H])c(-c2cc(C#N)cc3c2oc2c(-c4cc(C)c(C([2H])([2H])[2H])c[n+]4C)c(C)ccc23)c([2H])c1[2H].[2H]c1c([2H])c([2H])c(-c2cc(C#N)cc3c2oc2c(-c4ccc(C([2H])(C)C([2H])([2H])[2H])c[n+]4C)c(C)ccc23)c([2H])c1[2H].[2H]c1c([2H])c([2H])c(-c2cc(C#N)cc3c2oc2c(-c4ccc(C([2H])([2H])[2H])c[n+]4C)c(C)ccc23)c([2H])c1[2H]. The van der Waals surface area contributed by atoms with Crippen LogP contribution >= 0.6 is 0 Å². The van der Waals surface area contributed by atoms with Gasteiger partial charge in [0.25, 0.3) is 0 Å². The Bertz CT molecular complexity index is 9750. The van der Waals surface area contributed by atoms with E-state index in [1.165, 1.54) is 38.1 Å².